The summed E-state index contributed by atoms with van der Waals surface area (Å²) < 4.78 is 11.9. The molecule has 6 aromatic rings. The number of rotatable bonds is 4. The van der Waals surface area contributed by atoms with Crippen LogP contribution in [0.4, 0.5) is 0 Å². The Balaban J connectivity index is 1.27. The number of hydrogen-bond acceptors (Lipinski definition) is 2. The van der Waals surface area contributed by atoms with E-state index in [2.05, 4.69) is 128 Å². The van der Waals surface area contributed by atoms with E-state index in [0.717, 1.165) is 64.6 Å². The molecule has 0 amide bonds. The second kappa shape index (κ2) is 12.9. The second-order valence-electron chi connectivity index (χ2n) is 17.4. The van der Waals surface area contributed by atoms with E-state index in [1.165, 1.54) is 65.7 Å². The van der Waals surface area contributed by atoms with E-state index < -0.39 is 8.07 Å². The minimum absolute atomic E-state index is 0.246. The molecule has 0 spiro atoms. The molecule has 1 aliphatic carbocycles. The SMILES string of the molecule is C=C1CC2C(CCc3ncc4c(oc5ccccc54)c3-c3cc(C4CCCCC4)cc[n+]31)c1ccccc1-c1cc(CC(C)C)c([Si](C)(C)C)c[n+]12. The van der Waals surface area contributed by atoms with Crippen LogP contribution in [-0.4, -0.2) is 13.1 Å². The number of benzene rings is 2. The molecule has 0 saturated heterocycles. The fraction of sp³-hybridized carbons (Fsp3) is 0.383. The molecule has 0 bridgehead atoms. The molecule has 1 saturated carbocycles. The Morgan fingerprint density at radius 3 is 2.50 bits per heavy atom. The van der Waals surface area contributed by atoms with Crippen molar-refractivity contribution in [3.63, 3.8) is 0 Å². The predicted octanol–water partition coefficient (Wildman–Crippen LogP) is 10.8. The molecule has 4 aromatic heterocycles. The summed E-state index contributed by atoms with van der Waals surface area (Å²) >= 11 is 0. The van der Waals surface area contributed by atoms with Gasteiger partial charge in [-0.25, -0.2) is 0 Å². The van der Waals surface area contributed by atoms with Crippen LogP contribution in [0.1, 0.15) is 99.1 Å². The third kappa shape index (κ3) is 5.67. The van der Waals surface area contributed by atoms with Crippen LogP contribution < -0.4 is 14.3 Å². The zero-order valence-electron chi connectivity index (χ0n) is 31.7. The van der Waals surface area contributed by atoms with E-state index in [4.69, 9.17) is 16.0 Å². The van der Waals surface area contributed by atoms with Gasteiger partial charge in [0, 0.05) is 51.8 Å². The monoisotopic (exact) mass is 703 g/mol. The molecular formula is C47H53N3OSi+2. The Bertz CT molecular complexity index is 2360. The summed E-state index contributed by atoms with van der Waals surface area (Å²) in [6, 6.07) is 25.3. The van der Waals surface area contributed by atoms with Crippen LogP contribution in [0.25, 0.3) is 50.2 Å². The average Bonchev–Trinajstić information content (AvgIpc) is 3.52. The normalized spacial score (nSPS) is 19.2. The van der Waals surface area contributed by atoms with Gasteiger partial charge in [-0.2, -0.15) is 9.13 Å². The van der Waals surface area contributed by atoms with E-state index in [-0.39, 0.29) is 6.04 Å². The largest absolute Gasteiger partial charge is 0.455 e. The quantitative estimate of drug-likeness (QED) is 0.135. The molecule has 1 fully saturated rings. The Morgan fingerprint density at radius 2 is 1.69 bits per heavy atom. The summed E-state index contributed by atoms with van der Waals surface area (Å²) in [5.41, 5.74) is 13.6. The van der Waals surface area contributed by atoms with Gasteiger partial charge in [-0.15, -0.1) is 0 Å². The van der Waals surface area contributed by atoms with E-state index in [1.807, 2.05) is 0 Å². The van der Waals surface area contributed by atoms with Crippen molar-refractivity contribution in [3.8, 4) is 22.5 Å². The fourth-order valence-electron chi connectivity index (χ4n) is 9.91. The van der Waals surface area contributed by atoms with E-state index in [1.54, 1.807) is 5.19 Å². The summed E-state index contributed by atoms with van der Waals surface area (Å²) in [5.74, 6) is 1.52. The highest BCUT2D eigenvalue weighted by atomic mass is 28.3. The Kier molecular flexibility index (Phi) is 8.34. The summed E-state index contributed by atoms with van der Waals surface area (Å²) in [4.78, 5) is 5.33. The highest BCUT2D eigenvalue weighted by Crippen LogP contribution is 2.46. The highest BCUT2D eigenvalue weighted by Gasteiger charge is 2.44. The molecule has 52 heavy (non-hydrogen) atoms. The van der Waals surface area contributed by atoms with Gasteiger partial charge in [0.05, 0.1) is 20.2 Å². The van der Waals surface area contributed by atoms with Gasteiger partial charge < -0.3 is 4.42 Å². The van der Waals surface area contributed by atoms with Crippen molar-refractivity contribution in [3.05, 3.63) is 114 Å². The molecule has 2 aromatic carbocycles. The minimum Gasteiger partial charge on any atom is -0.455 e. The zero-order valence-corrected chi connectivity index (χ0v) is 32.7. The topological polar surface area (TPSA) is 33.8 Å². The molecule has 2 atom stereocenters. The Hall–Kier alpha value is -4.35. The first-order valence-corrected chi connectivity index (χ1v) is 23.4. The maximum Gasteiger partial charge on any atom is 0.224 e. The molecule has 0 radical (unpaired) electrons. The van der Waals surface area contributed by atoms with Crippen molar-refractivity contribution in [1.82, 2.24) is 4.98 Å². The number of nitrogens with zero attached hydrogens (tertiary/aromatic N) is 3. The highest BCUT2D eigenvalue weighted by molar-refractivity contribution is 6.89. The van der Waals surface area contributed by atoms with Gasteiger partial charge >= 0.3 is 0 Å². The van der Waals surface area contributed by atoms with Crippen molar-refractivity contribution < 1.29 is 13.6 Å². The van der Waals surface area contributed by atoms with Crippen LogP contribution in [0.5, 0.6) is 0 Å². The third-order valence-corrected chi connectivity index (χ3v) is 14.5. The summed E-state index contributed by atoms with van der Waals surface area (Å²) in [6.07, 6.45) is 17.3. The van der Waals surface area contributed by atoms with Gasteiger partial charge in [-0.1, -0.05) is 89.1 Å². The van der Waals surface area contributed by atoms with Gasteiger partial charge in [0.2, 0.25) is 11.4 Å². The van der Waals surface area contributed by atoms with E-state index in [0.29, 0.717) is 17.8 Å². The maximum atomic E-state index is 6.81. The Morgan fingerprint density at radius 1 is 0.904 bits per heavy atom. The third-order valence-electron chi connectivity index (χ3n) is 12.4. The van der Waals surface area contributed by atoms with Crippen molar-refractivity contribution >= 4 is 40.9 Å². The second-order valence-corrected chi connectivity index (χ2v) is 22.4. The average molecular weight is 704 g/mol. The lowest BCUT2D eigenvalue weighted by Crippen LogP contribution is -2.54. The van der Waals surface area contributed by atoms with Crippen LogP contribution in [0.15, 0.2) is 96.3 Å². The number of aryl methyl sites for hydroxylation is 1. The van der Waals surface area contributed by atoms with Crippen molar-refractivity contribution in [2.45, 2.75) is 109 Å². The van der Waals surface area contributed by atoms with Crippen LogP contribution >= 0.6 is 0 Å². The lowest BCUT2D eigenvalue weighted by atomic mass is 9.77. The van der Waals surface area contributed by atoms with Gasteiger partial charge in [-0.3, -0.25) is 4.98 Å². The maximum absolute atomic E-state index is 6.81. The summed E-state index contributed by atoms with van der Waals surface area (Å²) in [7, 11) is -1.65. The zero-order chi connectivity index (χ0) is 35.7. The summed E-state index contributed by atoms with van der Waals surface area (Å²) in [5, 5.41) is 3.81. The number of aromatic nitrogens is 3. The fourth-order valence-corrected chi connectivity index (χ4v) is 11.6. The van der Waals surface area contributed by atoms with Crippen molar-refractivity contribution in [2.75, 3.05) is 0 Å². The molecular weight excluding hydrogens is 651 g/mol. The van der Waals surface area contributed by atoms with Gasteiger partial charge in [-0.05, 0) is 79.3 Å². The molecule has 0 N–H and O–H groups in total. The molecule has 9 rings (SSSR count). The van der Waals surface area contributed by atoms with Gasteiger partial charge in [0.15, 0.2) is 29.7 Å². The number of hydrogen-bond donors (Lipinski definition) is 0. The van der Waals surface area contributed by atoms with E-state index >= 15 is 0 Å². The Labute approximate surface area is 310 Å². The van der Waals surface area contributed by atoms with Crippen LogP contribution in [0, 0.1) is 5.92 Å². The minimum atomic E-state index is -1.65. The van der Waals surface area contributed by atoms with Gasteiger partial charge in [0.1, 0.15) is 11.1 Å². The molecule has 2 aliphatic heterocycles. The molecule has 2 unspecified atom stereocenters. The van der Waals surface area contributed by atoms with E-state index in [9.17, 15) is 0 Å². The number of furan rings is 1. The summed E-state index contributed by atoms with van der Waals surface area (Å²) in [6.45, 7) is 17.2. The lowest BCUT2D eigenvalue weighted by Gasteiger charge is -2.33. The molecule has 5 heteroatoms. The molecule has 4 nitrogen and oxygen atoms in total. The number of para-hydroxylation sites is 1. The van der Waals surface area contributed by atoms with Crippen molar-refractivity contribution in [2.24, 2.45) is 5.92 Å². The van der Waals surface area contributed by atoms with Crippen LogP contribution in [-0.2, 0) is 12.8 Å². The van der Waals surface area contributed by atoms with Crippen LogP contribution in [0.3, 0.4) is 0 Å². The predicted molar refractivity (Wildman–Crippen MR) is 217 cm³/mol. The number of fused-ring (bicyclic) bond motifs is 13. The van der Waals surface area contributed by atoms with Gasteiger partial charge in [0.25, 0.3) is 0 Å². The molecule has 6 heterocycles. The van der Waals surface area contributed by atoms with Crippen molar-refractivity contribution in [1.29, 1.82) is 0 Å². The smallest absolute Gasteiger partial charge is 0.224 e. The standard InChI is InChI=1S/C47H53N3OSi/c1-30(2)24-34-27-42-36-17-11-10-16-35(36)37-20-21-40-46(47-39(28-48-40)38-18-12-13-19-44(38)51-47)43-26-33(32-14-8-7-9-15-32)22-23-49(43)31(3)25-41(37)50(42)29-45(34)52(4,5)6/h10-13,16-19,22-23,26-30,32,37,41H,3,7-9,14-15,20-21,24-25H2,1-2,4-6H3/q+2. The number of allylic oxidation sites excluding steroid dienone is 1. The first-order valence-electron chi connectivity index (χ1n) is 19.9. The first kappa shape index (κ1) is 33.5. The molecule has 264 valence electrons. The number of pyridine rings is 3. The van der Waals surface area contributed by atoms with Crippen LogP contribution in [0.2, 0.25) is 19.6 Å². The molecule has 3 aliphatic rings. The lowest BCUT2D eigenvalue weighted by molar-refractivity contribution is -0.719. The first-order chi connectivity index (χ1) is 25.2.